The Bertz CT molecular complexity index is 774. The average Bonchev–Trinajstić information content (AvgIpc) is 2.84. The van der Waals surface area contributed by atoms with Crippen LogP contribution in [-0.2, 0) is 13.6 Å². The van der Waals surface area contributed by atoms with Crippen LogP contribution in [0.3, 0.4) is 0 Å². The first-order valence-corrected chi connectivity index (χ1v) is 7.00. The second-order valence-electron chi connectivity index (χ2n) is 5.28. The summed E-state index contributed by atoms with van der Waals surface area (Å²) in [5.41, 5.74) is 3.04. The monoisotopic (exact) mass is 278 g/mol. The van der Waals surface area contributed by atoms with Crippen molar-refractivity contribution in [1.29, 1.82) is 0 Å². The fourth-order valence-electron chi connectivity index (χ4n) is 2.61. The van der Waals surface area contributed by atoms with Gasteiger partial charge in [0.25, 0.3) is 5.91 Å². The van der Waals surface area contributed by atoms with Crippen molar-refractivity contribution in [2.75, 3.05) is 7.05 Å². The maximum absolute atomic E-state index is 12.4. The lowest BCUT2D eigenvalue weighted by atomic mass is 10.2. The minimum atomic E-state index is 0.0425. The van der Waals surface area contributed by atoms with E-state index in [9.17, 15) is 4.79 Å². The van der Waals surface area contributed by atoms with Crippen LogP contribution in [0.4, 0.5) is 0 Å². The third-order valence-corrected chi connectivity index (χ3v) is 3.82. The minimum Gasteiger partial charge on any atom is -0.346 e. The number of benzene rings is 2. The van der Waals surface area contributed by atoms with E-state index in [4.69, 9.17) is 0 Å². The van der Waals surface area contributed by atoms with Gasteiger partial charge in [-0.3, -0.25) is 4.79 Å². The summed E-state index contributed by atoms with van der Waals surface area (Å²) < 4.78 is 2.14. The number of aromatic nitrogens is 1. The summed E-state index contributed by atoms with van der Waals surface area (Å²) in [6, 6.07) is 19.8. The second-order valence-corrected chi connectivity index (χ2v) is 5.28. The molecule has 3 heteroatoms. The van der Waals surface area contributed by atoms with Crippen molar-refractivity contribution >= 4 is 16.8 Å². The summed E-state index contributed by atoms with van der Waals surface area (Å²) in [7, 11) is 3.88. The van der Waals surface area contributed by atoms with Crippen LogP contribution in [0, 0.1) is 0 Å². The van der Waals surface area contributed by atoms with Crippen LogP contribution in [-0.4, -0.2) is 22.4 Å². The van der Waals surface area contributed by atoms with Crippen LogP contribution in [0.25, 0.3) is 10.9 Å². The second kappa shape index (κ2) is 5.44. The Balaban J connectivity index is 1.85. The smallest absolute Gasteiger partial charge is 0.253 e. The molecule has 1 heterocycles. The molecule has 3 nitrogen and oxygen atoms in total. The molecule has 3 aromatic rings. The summed E-state index contributed by atoms with van der Waals surface area (Å²) in [4.78, 5) is 14.1. The standard InChI is InChI=1S/C18H18N2O/c1-19(18(21)14-8-4-3-5-9-14)13-16-12-15-10-6-7-11-17(15)20(16)2/h3-12H,13H2,1-2H3. The highest BCUT2D eigenvalue weighted by atomic mass is 16.2. The Hall–Kier alpha value is -2.55. The topological polar surface area (TPSA) is 25.2 Å². The van der Waals surface area contributed by atoms with Gasteiger partial charge < -0.3 is 9.47 Å². The number of amides is 1. The van der Waals surface area contributed by atoms with Crippen molar-refractivity contribution in [2.24, 2.45) is 7.05 Å². The summed E-state index contributed by atoms with van der Waals surface area (Å²) in [5.74, 6) is 0.0425. The van der Waals surface area contributed by atoms with E-state index >= 15 is 0 Å². The van der Waals surface area contributed by atoms with Crippen molar-refractivity contribution in [3.05, 3.63) is 71.9 Å². The van der Waals surface area contributed by atoms with Crippen molar-refractivity contribution in [2.45, 2.75) is 6.54 Å². The van der Waals surface area contributed by atoms with Gasteiger partial charge in [0.1, 0.15) is 0 Å². The molecule has 0 atom stereocenters. The van der Waals surface area contributed by atoms with E-state index in [0.717, 1.165) is 11.3 Å². The van der Waals surface area contributed by atoms with Gasteiger partial charge in [-0.1, -0.05) is 36.4 Å². The number of hydrogen-bond donors (Lipinski definition) is 0. The van der Waals surface area contributed by atoms with Gasteiger partial charge in [-0.15, -0.1) is 0 Å². The summed E-state index contributed by atoms with van der Waals surface area (Å²) in [5, 5.41) is 1.20. The Labute approximate surface area is 124 Å². The highest BCUT2D eigenvalue weighted by Crippen LogP contribution is 2.19. The number of carbonyl (C=O) groups is 1. The van der Waals surface area contributed by atoms with Gasteiger partial charge in [-0.05, 0) is 29.7 Å². The van der Waals surface area contributed by atoms with E-state index in [2.05, 4.69) is 22.8 Å². The maximum atomic E-state index is 12.4. The van der Waals surface area contributed by atoms with Gasteiger partial charge in [0.15, 0.2) is 0 Å². The number of hydrogen-bond acceptors (Lipinski definition) is 1. The molecule has 0 N–H and O–H groups in total. The normalized spacial score (nSPS) is 10.8. The zero-order chi connectivity index (χ0) is 14.8. The molecule has 3 rings (SSSR count). The fraction of sp³-hybridized carbons (Fsp3) is 0.167. The first-order chi connectivity index (χ1) is 10.2. The number of aryl methyl sites for hydroxylation is 1. The van der Waals surface area contributed by atoms with Crippen molar-refractivity contribution in [1.82, 2.24) is 9.47 Å². The molecular formula is C18H18N2O. The Morgan fingerprint density at radius 3 is 2.43 bits per heavy atom. The molecule has 0 spiro atoms. The van der Waals surface area contributed by atoms with Crippen LogP contribution in [0.2, 0.25) is 0 Å². The number of para-hydroxylation sites is 1. The molecule has 0 fully saturated rings. The molecule has 21 heavy (non-hydrogen) atoms. The molecule has 106 valence electrons. The van der Waals surface area contributed by atoms with Crippen LogP contribution < -0.4 is 0 Å². The van der Waals surface area contributed by atoms with Gasteiger partial charge >= 0.3 is 0 Å². The Morgan fingerprint density at radius 1 is 1.05 bits per heavy atom. The molecular weight excluding hydrogens is 260 g/mol. The van der Waals surface area contributed by atoms with Crippen molar-refractivity contribution < 1.29 is 4.79 Å². The lowest BCUT2D eigenvalue weighted by Crippen LogP contribution is -2.27. The molecule has 1 aromatic heterocycles. The number of carbonyl (C=O) groups excluding carboxylic acids is 1. The predicted octanol–water partition coefficient (Wildman–Crippen LogP) is 3.45. The molecule has 0 saturated heterocycles. The summed E-state index contributed by atoms with van der Waals surface area (Å²) >= 11 is 0. The van der Waals surface area contributed by atoms with Crippen LogP contribution in [0.1, 0.15) is 16.1 Å². The SMILES string of the molecule is CN(Cc1cc2ccccc2n1C)C(=O)c1ccccc1. The van der Waals surface area contributed by atoms with E-state index in [1.54, 1.807) is 4.90 Å². The molecule has 0 radical (unpaired) electrons. The largest absolute Gasteiger partial charge is 0.346 e. The molecule has 0 bridgehead atoms. The van der Waals surface area contributed by atoms with Crippen molar-refractivity contribution in [3.8, 4) is 0 Å². The average molecular weight is 278 g/mol. The fourth-order valence-corrected chi connectivity index (χ4v) is 2.61. The maximum Gasteiger partial charge on any atom is 0.253 e. The molecule has 0 unspecified atom stereocenters. The van der Waals surface area contributed by atoms with E-state index in [1.807, 2.05) is 56.6 Å². The quantitative estimate of drug-likeness (QED) is 0.720. The van der Waals surface area contributed by atoms with E-state index in [1.165, 1.54) is 10.9 Å². The first kappa shape index (κ1) is 13.4. The molecule has 0 aliphatic heterocycles. The van der Waals surface area contributed by atoms with E-state index < -0.39 is 0 Å². The molecule has 0 aliphatic rings. The highest BCUT2D eigenvalue weighted by Gasteiger charge is 2.14. The van der Waals surface area contributed by atoms with Gasteiger partial charge in [0, 0.05) is 30.9 Å². The highest BCUT2D eigenvalue weighted by molar-refractivity contribution is 5.94. The lowest BCUT2D eigenvalue weighted by Gasteiger charge is -2.17. The molecule has 0 saturated carbocycles. The predicted molar refractivity (Wildman–Crippen MR) is 85.2 cm³/mol. The Kier molecular flexibility index (Phi) is 3.48. The van der Waals surface area contributed by atoms with Crippen molar-refractivity contribution in [3.63, 3.8) is 0 Å². The van der Waals surface area contributed by atoms with Gasteiger partial charge in [-0.25, -0.2) is 0 Å². The van der Waals surface area contributed by atoms with E-state index in [0.29, 0.717) is 6.54 Å². The van der Waals surface area contributed by atoms with Gasteiger partial charge in [0.2, 0.25) is 0 Å². The molecule has 0 aliphatic carbocycles. The zero-order valence-electron chi connectivity index (χ0n) is 12.3. The zero-order valence-corrected chi connectivity index (χ0v) is 12.3. The third kappa shape index (κ3) is 2.55. The molecule has 2 aromatic carbocycles. The molecule has 1 amide bonds. The summed E-state index contributed by atoms with van der Waals surface area (Å²) in [6.07, 6.45) is 0. The van der Waals surface area contributed by atoms with Crippen LogP contribution >= 0.6 is 0 Å². The van der Waals surface area contributed by atoms with Crippen LogP contribution in [0.15, 0.2) is 60.7 Å². The number of fused-ring (bicyclic) bond motifs is 1. The Morgan fingerprint density at radius 2 is 1.71 bits per heavy atom. The van der Waals surface area contributed by atoms with Gasteiger partial charge in [0.05, 0.1) is 6.54 Å². The third-order valence-electron chi connectivity index (χ3n) is 3.82. The first-order valence-electron chi connectivity index (χ1n) is 7.00. The minimum absolute atomic E-state index is 0.0425. The van der Waals surface area contributed by atoms with Crippen LogP contribution in [0.5, 0.6) is 0 Å². The van der Waals surface area contributed by atoms with E-state index in [-0.39, 0.29) is 5.91 Å². The number of rotatable bonds is 3. The summed E-state index contributed by atoms with van der Waals surface area (Å²) in [6.45, 7) is 0.596. The van der Waals surface area contributed by atoms with Gasteiger partial charge in [-0.2, -0.15) is 0 Å². The lowest BCUT2D eigenvalue weighted by molar-refractivity contribution is 0.0782. The number of nitrogens with zero attached hydrogens (tertiary/aromatic N) is 2.